The van der Waals surface area contributed by atoms with E-state index >= 15 is 0 Å². The van der Waals surface area contributed by atoms with Gasteiger partial charge in [-0.05, 0) is 122 Å². The molecule has 0 N–H and O–H groups in total. The molecule has 13 rings (SSSR count). The van der Waals surface area contributed by atoms with E-state index in [4.69, 9.17) is 4.42 Å². The third-order valence-corrected chi connectivity index (χ3v) is 15.0. The van der Waals surface area contributed by atoms with Gasteiger partial charge < -0.3 is 9.32 Å². The van der Waals surface area contributed by atoms with Crippen molar-refractivity contribution in [2.24, 2.45) is 0 Å². The molecule has 0 spiro atoms. The van der Waals surface area contributed by atoms with Crippen LogP contribution in [0.2, 0.25) is 0 Å². The van der Waals surface area contributed by atoms with E-state index in [9.17, 15) is 0 Å². The highest BCUT2D eigenvalue weighted by Crippen LogP contribution is 2.58. The zero-order valence-corrected chi connectivity index (χ0v) is 37.4. The van der Waals surface area contributed by atoms with Crippen LogP contribution >= 0.6 is 0 Å². The van der Waals surface area contributed by atoms with Crippen molar-refractivity contribution in [3.63, 3.8) is 0 Å². The number of furan rings is 1. The van der Waals surface area contributed by atoms with E-state index in [-0.39, 0.29) is 0 Å². The minimum Gasteiger partial charge on any atom is -0.456 e. The van der Waals surface area contributed by atoms with Gasteiger partial charge in [0.2, 0.25) is 0 Å². The molecule has 2 nitrogen and oxygen atoms in total. The largest absolute Gasteiger partial charge is 0.456 e. The predicted molar refractivity (Wildman–Crippen MR) is 280 cm³/mol. The van der Waals surface area contributed by atoms with Crippen LogP contribution in [0.3, 0.4) is 0 Å². The molecule has 0 saturated heterocycles. The lowest BCUT2D eigenvalue weighted by molar-refractivity contribution is 0.445. The smallest absolute Gasteiger partial charge is 0.136 e. The van der Waals surface area contributed by atoms with Crippen LogP contribution in [-0.2, 0) is 5.41 Å². The Hall–Kier alpha value is -7.94. The van der Waals surface area contributed by atoms with Crippen LogP contribution < -0.4 is 4.90 Å². The van der Waals surface area contributed by atoms with Crippen LogP contribution in [0.4, 0.5) is 17.1 Å². The van der Waals surface area contributed by atoms with Gasteiger partial charge in [-0.15, -0.1) is 0 Å². The van der Waals surface area contributed by atoms with Gasteiger partial charge in [0, 0.05) is 27.6 Å². The van der Waals surface area contributed by atoms with Gasteiger partial charge in [-0.25, -0.2) is 0 Å². The molecule has 0 radical (unpaired) electrons. The number of fused-ring (bicyclic) bond motifs is 7. The molecule has 0 atom stereocenters. The van der Waals surface area contributed by atoms with Gasteiger partial charge in [0.25, 0.3) is 0 Å². The Morgan fingerprint density at radius 1 is 0.403 bits per heavy atom. The second-order valence-electron chi connectivity index (χ2n) is 18.5. The molecule has 0 aliphatic heterocycles. The molecule has 2 aliphatic rings. The molecule has 1 aromatic heterocycles. The van der Waals surface area contributed by atoms with Gasteiger partial charge in [0.05, 0.1) is 16.8 Å². The molecule has 2 heteroatoms. The Bertz CT molecular complexity index is 3590. The number of anilines is 3. The molecule has 2 aliphatic carbocycles. The van der Waals surface area contributed by atoms with E-state index in [0.29, 0.717) is 5.92 Å². The maximum absolute atomic E-state index is 6.54. The first-order chi connectivity index (χ1) is 33.3. The van der Waals surface area contributed by atoms with Crippen molar-refractivity contribution in [1.82, 2.24) is 0 Å². The van der Waals surface area contributed by atoms with E-state index in [2.05, 4.69) is 229 Å². The lowest BCUT2D eigenvalue weighted by atomic mass is 9.67. The van der Waals surface area contributed by atoms with Gasteiger partial charge in [-0.3, -0.25) is 0 Å². The third-order valence-electron chi connectivity index (χ3n) is 15.0. The summed E-state index contributed by atoms with van der Waals surface area (Å²) in [5.74, 6) is 0.554. The maximum Gasteiger partial charge on any atom is 0.136 e. The van der Waals surface area contributed by atoms with Crippen LogP contribution in [0.15, 0.2) is 235 Å². The van der Waals surface area contributed by atoms with E-state index in [1.54, 1.807) is 0 Å². The van der Waals surface area contributed by atoms with Crippen LogP contribution in [0.5, 0.6) is 0 Å². The zero-order chi connectivity index (χ0) is 44.3. The highest BCUT2D eigenvalue weighted by molar-refractivity contribution is 6.07. The van der Waals surface area contributed by atoms with Crippen molar-refractivity contribution >= 4 is 49.8 Å². The number of para-hydroxylation sites is 3. The Kier molecular flexibility index (Phi) is 9.53. The van der Waals surface area contributed by atoms with Crippen LogP contribution in [0.25, 0.3) is 66.1 Å². The molecular weight excluding hydrogens is 811 g/mol. The summed E-state index contributed by atoms with van der Waals surface area (Å²) in [7, 11) is 0. The first kappa shape index (κ1) is 39.4. The first-order valence-corrected chi connectivity index (χ1v) is 24.0. The fourth-order valence-electron chi connectivity index (χ4n) is 12.0. The number of benzene rings is 10. The molecule has 1 saturated carbocycles. The summed E-state index contributed by atoms with van der Waals surface area (Å²) in [4.78, 5) is 2.54. The monoisotopic (exact) mass is 859 g/mol. The molecule has 67 heavy (non-hydrogen) atoms. The molecule has 1 fully saturated rings. The highest BCUT2D eigenvalue weighted by Gasteiger charge is 2.46. The molecule has 0 unspecified atom stereocenters. The zero-order valence-electron chi connectivity index (χ0n) is 37.4. The van der Waals surface area contributed by atoms with E-state index in [0.717, 1.165) is 50.1 Å². The lowest BCUT2D eigenvalue weighted by Crippen LogP contribution is -2.28. The second-order valence-corrected chi connectivity index (χ2v) is 18.5. The van der Waals surface area contributed by atoms with Gasteiger partial charge in [-0.2, -0.15) is 0 Å². The lowest BCUT2D eigenvalue weighted by Gasteiger charge is -2.35. The van der Waals surface area contributed by atoms with Crippen LogP contribution in [0.1, 0.15) is 65.8 Å². The van der Waals surface area contributed by atoms with Crippen molar-refractivity contribution in [2.75, 3.05) is 4.90 Å². The molecule has 320 valence electrons. The minimum absolute atomic E-state index is 0.550. The summed E-state index contributed by atoms with van der Waals surface area (Å²) in [6, 6.07) is 85.6. The average molecular weight is 860 g/mol. The van der Waals surface area contributed by atoms with Gasteiger partial charge >= 0.3 is 0 Å². The molecule has 0 amide bonds. The summed E-state index contributed by atoms with van der Waals surface area (Å²) >= 11 is 0. The topological polar surface area (TPSA) is 16.4 Å². The molecular formula is C65H49NO. The number of hydrogen-bond donors (Lipinski definition) is 0. The molecule has 11 aromatic rings. The second kappa shape index (κ2) is 16.2. The van der Waals surface area contributed by atoms with E-state index < -0.39 is 5.41 Å². The summed E-state index contributed by atoms with van der Waals surface area (Å²) in [6.07, 6.45) is 6.40. The normalized spacial score (nSPS) is 14.3. The SMILES string of the molecule is c1ccc(C2(c3ccccc3)c3ccccc3-c3ccc(N(c4ccccc4-c4ccc5c(c4)oc4ccccc45)c4ccccc4-c4cccc5cccc(C6CCCCC6)c45)cc32)cc1. The fraction of sp³-hybridized carbons (Fsp3) is 0.108. The summed E-state index contributed by atoms with van der Waals surface area (Å²) in [5.41, 5.74) is 18.4. The summed E-state index contributed by atoms with van der Waals surface area (Å²) in [6.45, 7) is 0. The fourth-order valence-corrected chi connectivity index (χ4v) is 12.0. The van der Waals surface area contributed by atoms with Crippen molar-refractivity contribution in [1.29, 1.82) is 0 Å². The van der Waals surface area contributed by atoms with Crippen molar-refractivity contribution < 1.29 is 4.42 Å². The quantitative estimate of drug-likeness (QED) is 0.151. The average Bonchev–Trinajstić information content (AvgIpc) is 3.93. The Morgan fingerprint density at radius 2 is 1.00 bits per heavy atom. The number of hydrogen-bond acceptors (Lipinski definition) is 2. The summed E-state index contributed by atoms with van der Waals surface area (Å²) < 4.78 is 6.54. The predicted octanol–water partition coefficient (Wildman–Crippen LogP) is 18.0. The third kappa shape index (κ3) is 6.31. The minimum atomic E-state index is -0.550. The highest BCUT2D eigenvalue weighted by atomic mass is 16.3. The first-order valence-electron chi connectivity index (χ1n) is 24.0. The number of rotatable bonds is 8. The Morgan fingerprint density at radius 3 is 1.78 bits per heavy atom. The standard InChI is InChI=1S/C65H49NO/c1-4-20-44(21-5-1)51-32-18-22-45-23-19-33-57(64(45)51)54-30-12-16-36-61(54)66(60-35-15-11-28-50(60)46-38-40-56-55-31-13-17-37-62(55)67-63(56)42-46)49-39-41-53-52-29-10-14-34-58(52)65(59(53)43-49,47-24-6-2-7-25-47)48-26-8-3-9-27-48/h2-3,6-19,22-44H,1,4-5,20-21H2. The Balaban J connectivity index is 1.09. The van der Waals surface area contributed by atoms with Crippen LogP contribution in [-0.4, -0.2) is 0 Å². The van der Waals surface area contributed by atoms with Crippen LogP contribution in [0, 0.1) is 0 Å². The number of nitrogens with zero attached hydrogens (tertiary/aromatic N) is 1. The summed E-state index contributed by atoms with van der Waals surface area (Å²) in [5, 5.41) is 4.94. The van der Waals surface area contributed by atoms with Crippen molar-refractivity contribution in [3.05, 3.63) is 258 Å². The molecule has 0 bridgehead atoms. The van der Waals surface area contributed by atoms with E-state index in [1.165, 1.54) is 92.9 Å². The van der Waals surface area contributed by atoms with Crippen molar-refractivity contribution in [3.8, 4) is 33.4 Å². The van der Waals surface area contributed by atoms with Gasteiger partial charge in [0.15, 0.2) is 0 Å². The van der Waals surface area contributed by atoms with Gasteiger partial charge in [-0.1, -0.05) is 207 Å². The molecule has 1 heterocycles. The maximum atomic E-state index is 6.54. The van der Waals surface area contributed by atoms with E-state index in [1.807, 2.05) is 6.07 Å². The molecule has 10 aromatic carbocycles. The van der Waals surface area contributed by atoms with Gasteiger partial charge in [0.1, 0.15) is 11.2 Å². The Labute approximate surface area is 392 Å². The van der Waals surface area contributed by atoms with Crippen molar-refractivity contribution in [2.45, 2.75) is 43.4 Å².